The van der Waals surface area contributed by atoms with Gasteiger partial charge in [0.2, 0.25) is 0 Å². The van der Waals surface area contributed by atoms with Gasteiger partial charge in [0.25, 0.3) is 5.91 Å². The molecule has 2 aromatic rings. The van der Waals surface area contributed by atoms with Gasteiger partial charge in [0.15, 0.2) is 0 Å². The summed E-state index contributed by atoms with van der Waals surface area (Å²) in [4.78, 5) is 14.2. The van der Waals surface area contributed by atoms with Gasteiger partial charge in [0.1, 0.15) is 0 Å². The molecule has 2 rings (SSSR count). The largest absolute Gasteiger partial charge is 0.378 e. The summed E-state index contributed by atoms with van der Waals surface area (Å²) in [5.41, 5.74) is 3.56. The van der Waals surface area contributed by atoms with E-state index in [2.05, 4.69) is 21.2 Å². The maximum Gasteiger partial charge on any atom is 0.255 e. The van der Waals surface area contributed by atoms with E-state index in [1.165, 1.54) is 0 Å². The Balaban J connectivity index is 2.21. The van der Waals surface area contributed by atoms with Gasteiger partial charge in [0, 0.05) is 29.8 Å². The number of benzene rings is 2. The molecule has 0 saturated carbocycles. The highest BCUT2D eigenvalue weighted by Crippen LogP contribution is 2.24. The lowest BCUT2D eigenvalue weighted by Gasteiger charge is -2.14. The summed E-state index contributed by atoms with van der Waals surface area (Å²) in [5, 5.41) is 2.92. The van der Waals surface area contributed by atoms with Crippen molar-refractivity contribution in [2.45, 2.75) is 6.92 Å². The smallest absolute Gasteiger partial charge is 0.255 e. The van der Waals surface area contributed by atoms with Gasteiger partial charge >= 0.3 is 0 Å². The molecule has 0 aliphatic rings. The maximum atomic E-state index is 12.3. The van der Waals surface area contributed by atoms with Crippen LogP contribution in [0.2, 0.25) is 0 Å². The average Bonchev–Trinajstić information content (AvgIpc) is 2.42. The Morgan fingerprint density at radius 2 is 1.90 bits per heavy atom. The van der Waals surface area contributed by atoms with Gasteiger partial charge in [-0.05, 0) is 58.7 Å². The Hall–Kier alpha value is -1.81. The van der Waals surface area contributed by atoms with E-state index in [1.807, 2.05) is 68.4 Å². The topological polar surface area (TPSA) is 32.3 Å². The zero-order chi connectivity index (χ0) is 14.7. The molecule has 0 spiro atoms. The number of nitrogens with zero attached hydrogens (tertiary/aromatic N) is 1. The van der Waals surface area contributed by atoms with Crippen molar-refractivity contribution in [3.8, 4) is 0 Å². The molecule has 1 amide bonds. The van der Waals surface area contributed by atoms with Crippen molar-refractivity contribution in [1.29, 1.82) is 0 Å². The van der Waals surface area contributed by atoms with Gasteiger partial charge in [-0.1, -0.05) is 12.1 Å². The maximum absolute atomic E-state index is 12.3. The molecule has 0 fully saturated rings. The minimum Gasteiger partial charge on any atom is -0.378 e. The molecule has 2 aromatic carbocycles. The Kier molecular flexibility index (Phi) is 4.45. The molecule has 0 atom stereocenters. The first-order valence-corrected chi connectivity index (χ1v) is 7.11. The van der Waals surface area contributed by atoms with Crippen LogP contribution in [0.15, 0.2) is 46.9 Å². The zero-order valence-electron chi connectivity index (χ0n) is 11.8. The second kappa shape index (κ2) is 6.09. The van der Waals surface area contributed by atoms with Crippen LogP contribution in [0.3, 0.4) is 0 Å². The predicted molar refractivity (Wildman–Crippen MR) is 87.6 cm³/mol. The van der Waals surface area contributed by atoms with E-state index in [0.29, 0.717) is 5.56 Å². The summed E-state index contributed by atoms with van der Waals surface area (Å²) in [6, 6.07) is 13.4. The molecular weight excluding hydrogens is 316 g/mol. The van der Waals surface area contributed by atoms with Crippen molar-refractivity contribution in [2.75, 3.05) is 24.3 Å². The average molecular weight is 333 g/mol. The fourth-order valence-electron chi connectivity index (χ4n) is 1.84. The molecule has 0 aliphatic heterocycles. The van der Waals surface area contributed by atoms with Gasteiger partial charge in [-0.3, -0.25) is 4.79 Å². The number of carbonyl (C=O) groups excluding carboxylic acids is 1. The zero-order valence-corrected chi connectivity index (χ0v) is 13.4. The van der Waals surface area contributed by atoms with Crippen molar-refractivity contribution < 1.29 is 4.79 Å². The lowest BCUT2D eigenvalue weighted by atomic mass is 10.1. The van der Waals surface area contributed by atoms with E-state index >= 15 is 0 Å². The molecule has 4 heteroatoms. The molecule has 0 heterocycles. The van der Waals surface area contributed by atoms with Gasteiger partial charge < -0.3 is 10.2 Å². The van der Waals surface area contributed by atoms with Crippen molar-refractivity contribution in [3.63, 3.8) is 0 Å². The predicted octanol–water partition coefficient (Wildman–Crippen LogP) is 4.08. The van der Waals surface area contributed by atoms with Crippen molar-refractivity contribution in [2.24, 2.45) is 0 Å². The van der Waals surface area contributed by atoms with Crippen LogP contribution in [-0.4, -0.2) is 20.0 Å². The summed E-state index contributed by atoms with van der Waals surface area (Å²) in [6.45, 7) is 2.01. The first-order chi connectivity index (χ1) is 9.47. The van der Waals surface area contributed by atoms with Crippen LogP contribution in [0.4, 0.5) is 11.4 Å². The lowest BCUT2D eigenvalue weighted by Crippen LogP contribution is -2.14. The number of nitrogens with one attached hydrogen (secondary N) is 1. The van der Waals surface area contributed by atoms with Crippen molar-refractivity contribution in [3.05, 3.63) is 58.1 Å². The van der Waals surface area contributed by atoms with E-state index < -0.39 is 0 Å². The number of amides is 1. The molecule has 0 unspecified atom stereocenters. The van der Waals surface area contributed by atoms with E-state index in [1.54, 1.807) is 0 Å². The summed E-state index contributed by atoms with van der Waals surface area (Å²) >= 11 is 3.46. The molecule has 104 valence electrons. The Labute approximate surface area is 127 Å². The fraction of sp³-hybridized carbons (Fsp3) is 0.188. The van der Waals surface area contributed by atoms with Gasteiger partial charge in [0.05, 0.1) is 5.69 Å². The monoisotopic (exact) mass is 332 g/mol. The molecule has 0 aromatic heterocycles. The van der Waals surface area contributed by atoms with Crippen LogP contribution in [0.5, 0.6) is 0 Å². The summed E-state index contributed by atoms with van der Waals surface area (Å²) in [6.07, 6.45) is 0. The lowest BCUT2D eigenvalue weighted by molar-refractivity contribution is 0.102. The molecule has 0 saturated heterocycles. The van der Waals surface area contributed by atoms with Crippen LogP contribution >= 0.6 is 15.9 Å². The van der Waals surface area contributed by atoms with Crippen LogP contribution in [0, 0.1) is 6.92 Å². The van der Waals surface area contributed by atoms with Gasteiger partial charge in [-0.25, -0.2) is 0 Å². The van der Waals surface area contributed by atoms with Gasteiger partial charge in [-0.2, -0.15) is 0 Å². The van der Waals surface area contributed by atoms with E-state index in [9.17, 15) is 4.79 Å². The van der Waals surface area contributed by atoms with Crippen molar-refractivity contribution >= 4 is 33.2 Å². The standard InChI is InChI=1S/C16H17BrN2O/c1-11-7-8-15(14(17)9-11)18-16(20)12-5-4-6-13(10-12)19(2)3/h4-10H,1-3H3,(H,18,20). The third-order valence-electron chi connectivity index (χ3n) is 3.00. The van der Waals surface area contributed by atoms with E-state index in [-0.39, 0.29) is 5.91 Å². The minimum absolute atomic E-state index is 0.113. The molecule has 1 N–H and O–H groups in total. The molecular formula is C16H17BrN2O. The Bertz CT molecular complexity index is 638. The first-order valence-electron chi connectivity index (χ1n) is 6.32. The molecule has 3 nitrogen and oxygen atoms in total. The normalized spacial score (nSPS) is 10.2. The number of hydrogen-bond acceptors (Lipinski definition) is 2. The molecule has 0 radical (unpaired) electrons. The fourth-order valence-corrected chi connectivity index (χ4v) is 2.43. The quantitative estimate of drug-likeness (QED) is 0.918. The summed E-state index contributed by atoms with van der Waals surface area (Å²) in [5.74, 6) is -0.113. The van der Waals surface area contributed by atoms with Crippen molar-refractivity contribution in [1.82, 2.24) is 0 Å². The minimum atomic E-state index is -0.113. The highest BCUT2D eigenvalue weighted by atomic mass is 79.9. The number of halogens is 1. The van der Waals surface area contributed by atoms with Crippen LogP contribution in [0.25, 0.3) is 0 Å². The number of anilines is 2. The van der Waals surface area contributed by atoms with Crippen LogP contribution < -0.4 is 10.2 Å². The van der Waals surface area contributed by atoms with Crippen LogP contribution in [0.1, 0.15) is 15.9 Å². The summed E-state index contributed by atoms with van der Waals surface area (Å²) < 4.78 is 0.884. The Morgan fingerprint density at radius 1 is 1.15 bits per heavy atom. The number of carbonyl (C=O) groups is 1. The Morgan fingerprint density at radius 3 is 2.55 bits per heavy atom. The number of hydrogen-bond donors (Lipinski definition) is 1. The number of aryl methyl sites for hydroxylation is 1. The SMILES string of the molecule is Cc1ccc(NC(=O)c2cccc(N(C)C)c2)c(Br)c1. The summed E-state index contributed by atoms with van der Waals surface area (Å²) in [7, 11) is 3.90. The first kappa shape index (κ1) is 14.6. The van der Waals surface area contributed by atoms with E-state index in [0.717, 1.165) is 21.4 Å². The number of rotatable bonds is 3. The third-order valence-corrected chi connectivity index (χ3v) is 3.65. The van der Waals surface area contributed by atoms with Crippen LogP contribution in [-0.2, 0) is 0 Å². The molecule has 0 aliphatic carbocycles. The second-order valence-corrected chi connectivity index (χ2v) is 5.74. The molecule has 20 heavy (non-hydrogen) atoms. The highest BCUT2D eigenvalue weighted by molar-refractivity contribution is 9.10. The second-order valence-electron chi connectivity index (χ2n) is 4.88. The van der Waals surface area contributed by atoms with E-state index in [4.69, 9.17) is 0 Å². The van der Waals surface area contributed by atoms with Gasteiger partial charge in [-0.15, -0.1) is 0 Å². The molecule has 0 bridgehead atoms. The third kappa shape index (κ3) is 3.39. The highest BCUT2D eigenvalue weighted by Gasteiger charge is 2.09.